The zero-order chi connectivity index (χ0) is 17.8. The van der Waals surface area contributed by atoms with E-state index in [0.717, 1.165) is 25.3 Å². The molecule has 1 fully saturated rings. The lowest BCUT2D eigenvalue weighted by Crippen LogP contribution is -2.34. The Kier molecular flexibility index (Phi) is 5.07. The molecule has 2 aromatic heterocycles. The van der Waals surface area contributed by atoms with Crippen LogP contribution in [0.1, 0.15) is 35.6 Å². The summed E-state index contributed by atoms with van der Waals surface area (Å²) in [5.41, 5.74) is 6.06. The van der Waals surface area contributed by atoms with Gasteiger partial charge in [-0.3, -0.25) is 14.9 Å². The van der Waals surface area contributed by atoms with E-state index in [1.807, 2.05) is 18.5 Å². The molecule has 0 radical (unpaired) electrons. The fourth-order valence-electron chi connectivity index (χ4n) is 3.83. The minimum Gasteiger partial charge on any atom is -0.298 e. The predicted molar refractivity (Wildman–Crippen MR) is 106 cm³/mol. The third kappa shape index (κ3) is 4.00. The van der Waals surface area contributed by atoms with Crippen molar-refractivity contribution < 1.29 is 0 Å². The molecule has 26 heavy (non-hydrogen) atoms. The molecule has 0 aliphatic carbocycles. The quantitative estimate of drug-likeness (QED) is 0.679. The number of rotatable bonds is 4. The molecule has 3 heteroatoms. The van der Waals surface area contributed by atoms with Crippen molar-refractivity contribution in [3.63, 3.8) is 0 Å². The van der Waals surface area contributed by atoms with Crippen molar-refractivity contribution >= 4 is 0 Å². The maximum atomic E-state index is 5.01. The van der Waals surface area contributed by atoms with Crippen molar-refractivity contribution in [1.29, 1.82) is 0 Å². The number of aromatic nitrogens is 2. The first-order chi connectivity index (χ1) is 12.8. The second-order valence-corrected chi connectivity index (χ2v) is 7.25. The Morgan fingerprint density at radius 2 is 2.00 bits per heavy atom. The van der Waals surface area contributed by atoms with Gasteiger partial charge in [0.25, 0.3) is 0 Å². The average molecular weight is 343 g/mol. The van der Waals surface area contributed by atoms with E-state index in [2.05, 4.69) is 65.3 Å². The van der Waals surface area contributed by atoms with Crippen molar-refractivity contribution in [2.24, 2.45) is 0 Å². The molecular formula is C23H25N3. The van der Waals surface area contributed by atoms with Gasteiger partial charge in [-0.05, 0) is 56.1 Å². The number of nitrogens with zero attached hydrogens (tertiary/aromatic N) is 3. The summed E-state index contributed by atoms with van der Waals surface area (Å²) in [6.45, 7) is 5.33. The normalized spacial score (nSPS) is 18.0. The fourth-order valence-corrected chi connectivity index (χ4v) is 3.83. The van der Waals surface area contributed by atoms with E-state index in [1.54, 1.807) is 0 Å². The Hall–Kier alpha value is -2.52. The zero-order valence-corrected chi connectivity index (χ0v) is 15.3. The molecule has 4 rings (SSSR count). The van der Waals surface area contributed by atoms with E-state index in [0.29, 0.717) is 5.92 Å². The second kappa shape index (κ2) is 7.79. The SMILES string of the molecule is Cc1cccc(-c2cccc([C@@H]3CCCN(Cc4cccnc4)C3)n2)c1. The van der Waals surface area contributed by atoms with Crippen LogP contribution in [-0.2, 0) is 6.54 Å². The van der Waals surface area contributed by atoms with Crippen LogP contribution in [0.5, 0.6) is 0 Å². The number of pyridine rings is 2. The molecule has 0 saturated carbocycles. The Morgan fingerprint density at radius 3 is 2.85 bits per heavy atom. The van der Waals surface area contributed by atoms with E-state index >= 15 is 0 Å². The van der Waals surface area contributed by atoms with Gasteiger partial charge in [-0.15, -0.1) is 0 Å². The van der Waals surface area contributed by atoms with Crippen LogP contribution in [0.4, 0.5) is 0 Å². The number of hydrogen-bond acceptors (Lipinski definition) is 3. The zero-order valence-electron chi connectivity index (χ0n) is 15.3. The highest BCUT2D eigenvalue weighted by molar-refractivity contribution is 5.60. The molecule has 1 atom stereocenters. The molecule has 0 amide bonds. The lowest BCUT2D eigenvalue weighted by Gasteiger charge is -2.32. The molecule has 0 unspecified atom stereocenters. The van der Waals surface area contributed by atoms with Crippen LogP contribution in [0.15, 0.2) is 67.0 Å². The van der Waals surface area contributed by atoms with Crippen molar-refractivity contribution in [2.75, 3.05) is 13.1 Å². The van der Waals surface area contributed by atoms with E-state index in [-0.39, 0.29) is 0 Å². The highest BCUT2D eigenvalue weighted by atomic mass is 15.1. The van der Waals surface area contributed by atoms with E-state index < -0.39 is 0 Å². The predicted octanol–water partition coefficient (Wildman–Crippen LogP) is 4.83. The summed E-state index contributed by atoms with van der Waals surface area (Å²) in [7, 11) is 0. The number of piperidine rings is 1. The van der Waals surface area contributed by atoms with Gasteiger partial charge in [-0.2, -0.15) is 0 Å². The van der Waals surface area contributed by atoms with Gasteiger partial charge in [0.1, 0.15) is 0 Å². The van der Waals surface area contributed by atoms with Crippen molar-refractivity contribution in [3.05, 3.63) is 83.8 Å². The van der Waals surface area contributed by atoms with Gasteiger partial charge in [0, 0.05) is 42.7 Å². The summed E-state index contributed by atoms with van der Waals surface area (Å²) in [5.74, 6) is 0.505. The molecule has 0 bridgehead atoms. The van der Waals surface area contributed by atoms with Gasteiger partial charge < -0.3 is 0 Å². The van der Waals surface area contributed by atoms with Crippen molar-refractivity contribution in [1.82, 2.24) is 14.9 Å². The summed E-state index contributed by atoms with van der Waals surface area (Å²) >= 11 is 0. The van der Waals surface area contributed by atoms with E-state index in [4.69, 9.17) is 4.98 Å². The fraction of sp³-hybridized carbons (Fsp3) is 0.304. The Bertz CT molecular complexity index is 860. The van der Waals surface area contributed by atoms with Crippen LogP contribution in [0.25, 0.3) is 11.3 Å². The van der Waals surface area contributed by atoms with Crippen LogP contribution in [0.3, 0.4) is 0 Å². The average Bonchev–Trinajstić information content (AvgIpc) is 2.69. The Morgan fingerprint density at radius 1 is 1.08 bits per heavy atom. The largest absolute Gasteiger partial charge is 0.298 e. The molecule has 1 aromatic carbocycles. The van der Waals surface area contributed by atoms with Gasteiger partial charge in [-0.1, -0.05) is 35.9 Å². The van der Waals surface area contributed by atoms with Crippen molar-refractivity contribution in [3.8, 4) is 11.3 Å². The lowest BCUT2D eigenvalue weighted by molar-refractivity contribution is 0.198. The highest BCUT2D eigenvalue weighted by Crippen LogP contribution is 2.28. The lowest BCUT2D eigenvalue weighted by atomic mass is 9.93. The summed E-state index contributed by atoms with van der Waals surface area (Å²) in [4.78, 5) is 11.8. The molecule has 3 aromatic rings. The molecule has 0 N–H and O–H groups in total. The van der Waals surface area contributed by atoms with Gasteiger partial charge in [-0.25, -0.2) is 0 Å². The monoisotopic (exact) mass is 343 g/mol. The molecule has 1 saturated heterocycles. The standard InChI is InChI=1S/C23H25N3/c1-18-6-2-8-20(14-18)22-10-3-11-23(25-22)21-9-5-13-26(17-21)16-19-7-4-12-24-15-19/h2-4,6-8,10-12,14-15,21H,5,9,13,16-17H2,1H3/t21-/m1/s1. The second-order valence-electron chi connectivity index (χ2n) is 7.25. The smallest absolute Gasteiger partial charge is 0.0705 e. The number of likely N-dealkylation sites (tertiary alicyclic amines) is 1. The number of aryl methyl sites for hydroxylation is 1. The minimum absolute atomic E-state index is 0.505. The summed E-state index contributed by atoms with van der Waals surface area (Å²) in [6, 6.07) is 19.2. The van der Waals surface area contributed by atoms with Crippen molar-refractivity contribution in [2.45, 2.75) is 32.2 Å². The summed E-state index contributed by atoms with van der Waals surface area (Å²) < 4.78 is 0. The highest BCUT2D eigenvalue weighted by Gasteiger charge is 2.22. The van der Waals surface area contributed by atoms with Crippen LogP contribution in [0.2, 0.25) is 0 Å². The Balaban J connectivity index is 1.51. The maximum absolute atomic E-state index is 5.01. The maximum Gasteiger partial charge on any atom is 0.0705 e. The van der Waals surface area contributed by atoms with Gasteiger partial charge >= 0.3 is 0 Å². The van der Waals surface area contributed by atoms with Gasteiger partial charge in [0.2, 0.25) is 0 Å². The first-order valence-corrected chi connectivity index (χ1v) is 9.43. The topological polar surface area (TPSA) is 29.0 Å². The molecule has 3 heterocycles. The van der Waals surface area contributed by atoms with Gasteiger partial charge in [0.15, 0.2) is 0 Å². The van der Waals surface area contributed by atoms with Crippen LogP contribution in [0, 0.1) is 6.92 Å². The summed E-state index contributed by atoms with van der Waals surface area (Å²) in [6.07, 6.45) is 6.25. The van der Waals surface area contributed by atoms with Crippen LogP contribution >= 0.6 is 0 Å². The molecule has 0 spiro atoms. The van der Waals surface area contributed by atoms with E-state index in [9.17, 15) is 0 Å². The number of benzene rings is 1. The third-order valence-electron chi connectivity index (χ3n) is 5.14. The first kappa shape index (κ1) is 16.9. The number of hydrogen-bond donors (Lipinski definition) is 0. The molecular weight excluding hydrogens is 318 g/mol. The molecule has 1 aliphatic rings. The molecule has 1 aliphatic heterocycles. The minimum atomic E-state index is 0.505. The third-order valence-corrected chi connectivity index (χ3v) is 5.14. The van der Waals surface area contributed by atoms with Crippen LogP contribution < -0.4 is 0 Å². The first-order valence-electron chi connectivity index (χ1n) is 9.43. The van der Waals surface area contributed by atoms with Crippen LogP contribution in [-0.4, -0.2) is 28.0 Å². The Labute approximate surface area is 155 Å². The molecule has 3 nitrogen and oxygen atoms in total. The van der Waals surface area contributed by atoms with Gasteiger partial charge in [0.05, 0.1) is 5.69 Å². The van der Waals surface area contributed by atoms with E-state index in [1.165, 1.54) is 35.2 Å². The molecule has 132 valence electrons. The summed E-state index contributed by atoms with van der Waals surface area (Å²) in [5, 5.41) is 0.